The Morgan fingerprint density at radius 3 is 2.42 bits per heavy atom. The van der Waals surface area contributed by atoms with Crippen molar-refractivity contribution >= 4 is 40.1 Å². The van der Waals surface area contributed by atoms with Gasteiger partial charge in [-0.1, -0.05) is 11.6 Å². The first-order chi connectivity index (χ1) is 9.08. The Labute approximate surface area is 125 Å². The maximum Gasteiger partial charge on any atom is 0.238 e. The molecule has 4 heteroatoms. The van der Waals surface area contributed by atoms with E-state index in [4.69, 9.17) is 0 Å². The Morgan fingerprint density at radius 1 is 1.11 bits per heavy atom. The molecule has 0 N–H and O–H groups in total. The van der Waals surface area contributed by atoms with Gasteiger partial charge in [-0.3, -0.25) is 14.5 Å². The van der Waals surface area contributed by atoms with Gasteiger partial charge < -0.3 is 0 Å². The zero-order chi connectivity index (χ0) is 13.6. The Morgan fingerprint density at radius 2 is 1.74 bits per heavy atom. The second-order valence-electron chi connectivity index (χ2n) is 5.19. The van der Waals surface area contributed by atoms with E-state index in [-0.39, 0.29) is 23.7 Å². The first-order valence-electron chi connectivity index (χ1n) is 6.37. The van der Waals surface area contributed by atoms with Crippen molar-refractivity contribution in [1.82, 2.24) is 0 Å². The summed E-state index contributed by atoms with van der Waals surface area (Å²) in [6, 6.07) is 7.52. The molecule has 3 nitrogen and oxygen atoms in total. The Balaban J connectivity index is 1.95. The third-order valence-electron chi connectivity index (χ3n) is 3.91. The highest BCUT2D eigenvalue weighted by Gasteiger charge is 2.48. The van der Waals surface area contributed by atoms with Gasteiger partial charge in [0.2, 0.25) is 11.8 Å². The number of carbonyl (C=O) groups is 2. The molecule has 0 spiro atoms. The molecular weight excluding hydrogens is 353 g/mol. The maximum atomic E-state index is 12.5. The number of amides is 2. The van der Waals surface area contributed by atoms with Crippen LogP contribution in [-0.2, 0) is 9.59 Å². The van der Waals surface area contributed by atoms with Crippen molar-refractivity contribution in [3.63, 3.8) is 0 Å². The molecule has 1 aromatic rings. The van der Waals surface area contributed by atoms with Gasteiger partial charge in [-0.15, -0.1) is 0 Å². The molecule has 2 amide bonds. The van der Waals surface area contributed by atoms with E-state index < -0.39 is 0 Å². The fourth-order valence-corrected chi connectivity index (χ4v) is 3.24. The molecular formula is C15H14INO2. The van der Waals surface area contributed by atoms with Gasteiger partial charge in [0.05, 0.1) is 17.5 Å². The van der Waals surface area contributed by atoms with Crippen molar-refractivity contribution in [3.8, 4) is 0 Å². The van der Waals surface area contributed by atoms with Gasteiger partial charge >= 0.3 is 0 Å². The molecule has 2 atom stereocenters. The lowest BCUT2D eigenvalue weighted by molar-refractivity contribution is -0.122. The molecule has 0 radical (unpaired) electrons. The molecule has 1 heterocycles. The quantitative estimate of drug-likeness (QED) is 0.435. The van der Waals surface area contributed by atoms with E-state index in [0.29, 0.717) is 12.1 Å². The molecule has 98 valence electrons. The van der Waals surface area contributed by atoms with Crippen LogP contribution >= 0.6 is 22.6 Å². The van der Waals surface area contributed by atoms with Gasteiger partial charge in [0.15, 0.2) is 0 Å². The zero-order valence-electron chi connectivity index (χ0n) is 10.6. The molecule has 19 heavy (non-hydrogen) atoms. The number of hydrogen-bond acceptors (Lipinski definition) is 2. The lowest BCUT2D eigenvalue weighted by Crippen LogP contribution is -2.30. The van der Waals surface area contributed by atoms with Gasteiger partial charge in [-0.2, -0.15) is 0 Å². The van der Waals surface area contributed by atoms with Crippen LogP contribution in [0.25, 0.3) is 0 Å². The summed E-state index contributed by atoms with van der Waals surface area (Å²) in [6.45, 7) is 2.03. The van der Waals surface area contributed by atoms with Crippen LogP contribution in [0.4, 0.5) is 5.69 Å². The predicted octanol–water partition coefficient (Wildman–Crippen LogP) is 3.14. The second-order valence-corrected chi connectivity index (χ2v) is 6.44. The van der Waals surface area contributed by atoms with Crippen molar-refractivity contribution in [2.24, 2.45) is 11.8 Å². The van der Waals surface area contributed by atoms with E-state index in [9.17, 15) is 9.59 Å². The number of fused-ring (bicyclic) bond motifs is 1. The van der Waals surface area contributed by atoms with Crippen LogP contribution in [0, 0.1) is 15.4 Å². The number of halogens is 1. The Kier molecular flexibility index (Phi) is 3.20. The monoisotopic (exact) mass is 367 g/mol. The maximum absolute atomic E-state index is 12.5. The topological polar surface area (TPSA) is 37.4 Å². The summed E-state index contributed by atoms with van der Waals surface area (Å²) in [5.74, 6) is -0.393. The number of hydrogen-bond donors (Lipinski definition) is 0. The number of rotatable bonds is 1. The molecule has 1 aromatic carbocycles. The minimum absolute atomic E-state index is 0.0383. The van der Waals surface area contributed by atoms with E-state index in [0.717, 1.165) is 9.99 Å². The number of imide groups is 1. The van der Waals surface area contributed by atoms with Crippen LogP contribution < -0.4 is 4.90 Å². The number of carbonyl (C=O) groups excluding carboxylic acids is 2. The van der Waals surface area contributed by atoms with E-state index >= 15 is 0 Å². The first kappa shape index (κ1) is 12.8. The van der Waals surface area contributed by atoms with Crippen LogP contribution in [0.2, 0.25) is 0 Å². The third kappa shape index (κ3) is 2.12. The van der Waals surface area contributed by atoms with Crippen molar-refractivity contribution in [2.75, 3.05) is 4.90 Å². The van der Waals surface area contributed by atoms with E-state index in [2.05, 4.69) is 28.7 Å². The third-order valence-corrected chi connectivity index (χ3v) is 4.63. The summed E-state index contributed by atoms with van der Waals surface area (Å²) in [5, 5.41) is 0. The Bertz CT molecular complexity index is 576. The number of allylic oxidation sites excluding steroid dienone is 2. The molecule has 1 aliphatic heterocycles. The fraction of sp³-hybridized carbons (Fsp3) is 0.333. The average molecular weight is 367 g/mol. The van der Waals surface area contributed by atoms with Crippen LogP contribution in [0.15, 0.2) is 35.9 Å². The van der Waals surface area contributed by atoms with Crippen LogP contribution in [0.5, 0.6) is 0 Å². The minimum atomic E-state index is -0.157. The number of nitrogens with zero attached hydrogens (tertiary/aromatic N) is 1. The molecule has 1 saturated heterocycles. The zero-order valence-corrected chi connectivity index (χ0v) is 12.8. The predicted molar refractivity (Wildman–Crippen MR) is 81.6 cm³/mol. The largest absolute Gasteiger partial charge is 0.274 e. The van der Waals surface area contributed by atoms with E-state index in [1.165, 1.54) is 10.5 Å². The molecule has 2 aliphatic rings. The minimum Gasteiger partial charge on any atom is -0.274 e. The molecule has 0 bridgehead atoms. The fourth-order valence-electron chi connectivity index (χ4n) is 2.88. The summed E-state index contributed by atoms with van der Waals surface area (Å²) in [5.41, 5.74) is 1.91. The number of anilines is 1. The summed E-state index contributed by atoms with van der Waals surface area (Å²) in [4.78, 5) is 26.2. The second kappa shape index (κ2) is 4.74. The summed E-state index contributed by atoms with van der Waals surface area (Å²) >= 11 is 2.21. The van der Waals surface area contributed by atoms with Crippen LogP contribution in [0.3, 0.4) is 0 Å². The number of benzene rings is 1. The van der Waals surface area contributed by atoms with Gasteiger partial charge in [0.1, 0.15) is 0 Å². The molecule has 0 unspecified atom stereocenters. The molecule has 1 fully saturated rings. The van der Waals surface area contributed by atoms with Crippen molar-refractivity contribution in [2.45, 2.75) is 19.8 Å². The normalized spacial score (nSPS) is 26.4. The van der Waals surface area contributed by atoms with Gasteiger partial charge in [-0.05, 0) is 66.6 Å². The van der Waals surface area contributed by atoms with E-state index in [1.54, 1.807) is 0 Å². The summed E-state index contributed by atoms with van der Waals surface area (Å²) < 4.78 is 1.09. The van der Waals surface area contributed by atoms with Crippen LogP contribution in [-0.4, -0.2) is 11.8 Å². The van der Waals surface area contributed by atoms with Gasteiger partial charge in [0, 0.05) is 3.57 Å². The molecule has 1 aliphatic carbocycles. The molecule has 0 saturated carbocycles. The van der Waals surface area contributed by atoms with Crippen molar-refractivity contribution in [1.29, 1.82) is 0 Å². The Hall–Kier alpha value is -1.17. The molecule has 3 rings (SSSR count). The highest BCUT2D eigenvalue weighted by molar-refractivity contribution is 14.1. The standard InChI is InChI=1S/C15H14INO2/c1-9-2-7-12-13(8-9)15(19)17(14(12)18)11-5-3-10(16)4-6-11/h2-6,12-13H,7-8H2,1H3/t12-,13+/m1/s1. The summed E-state index contributed by atoms with van der Waals surface area (Å²) in [7, 11) is 0. The highest BCUT2D eigenvalue weighted by atomic mass is 127. The smallest absolute Gasteiger partial charge is 0.238 e. The highest BCUT2D eigenvalue weighted by Crippen LogP contribution is 2.39. The summed E-state index contributed by atoms with van der Waals surface area (Å²) in [6.07, 6.45) is 3.50. The average Bonchev–Trinajstić information content (AvgIpc) is 2.63. The van der Waals surface area contributed by atoms with Gasteiger partial charge in [0.25, 0.3) is 0 Å². The van der Waals surface area contributed by atoms with Crippen molar-refractivity contribution in [3.05, 3.63) is 39.5 Å². The van der Waals surface area contributed by atoms with Crippen molar-refractivity contribution < 1.29 is 9.59 Å². The SMILES string of the molecule is CC1=CC[C@H]2C(=O)N(c3ccc(I)cc3)C(=O)[C@H]2C1. The lowest BCUT2D eigenvalue weighted by atomic mass is 9.82. The van der Waals surface area contributed by atoms with Crippen LogP contribution in [0.1, 0.15) is 19.8 Å². The van der Waals surface area contributed by atoms with E-state index in [1.807, 2.05) is 31.2 Å². The molecule has 0 aromatic heterocycles. The first-order valence-corrected chi connectivity index (χ1v) is 7.45. The lowest BCUT2D eigenvalue weighted by Gasteiger charge is -2.18. The van der Waals surface area contributed by atoms with Gasteiger partial charge in [-0.25, -0.2) is 0 Å².